The lowest BCUT2D eigenvalue weighted by Crippen LogP contribution is -2.51. The molecule has 2 aliphatic rings. The van der Waals surface area contributed by atoms with E-state index in [9.17, 15) is 4.79 Å². The SMILES string of the molecule is CC(CN1CCN(c2ccccn2)CC1)NC(=O)CC1COCCN1. The molecule has 2 N–H and O–H groups in total. The van der Waals surface area contributed by atoms with Crippen molar-refractivity contribution in [2.45, 2.75) is 25.4 Å². The molecule has 2 atom stereocenters. The van der Waals surface area contributed by atoms with Crippen LogP contribution in [0.25, 0.3) is 0 Å². The highest BCUT2D eigenvalue weighted by Crippen LogP contribution is 2.12. The number of rotatable bonds is 6. The number of carbonyl (C=O) groups excluding carboxylic acids is 1. The lowest BCUT2D eigenvalue weighted by Gasteiger charge is -2.36. The molecule has 2 aliphatic heterocycles. The van der Waals surface area contributed by atoms with E-state index < -0.39 is 0 Å². The van der Waals surface area contributed by atoms with E-state index in [1.54, 1.807) is 0 Å². The predicted octanol–water partition coefficient (Wildman–Crippen LogP) is 0.0868. The van der Waals surface area contributed by atoms with Gasteiger partial charge in [0, 0.05) is 64.0 Å². The number of hydrogen-bond acceptors (Lipinski definition) is 6. The standard InChI is InChI=1S/C18H29N5O2/c1-15(21-18(24)12-16-14-25-11-6-19-16)13-22-7-9-23(10-8-22)17-4-2-3-5-20-17/h2-5,15-16,19H,6-14H2,1H3,(H,21,24). The maximum absolute atomic E-state index is 12.2. The Morgan fingerprint density at radius 2 is 2.24 bits per heavy atom. The van der Waals surface area contributed by atoms with Crippen molar-refractivity contribution in [2.24, 2.45) is 0 Å². The average molecular weight is 347 g/mol. The van der Waals surface area contributed by atoms with Crippen LogP contribution >= 0.6 is 0 Å². The molecule has 1 aromatic heterocycles. The van der Waals surface area contributed by atoms with Crippen LogP contribution in [0.15, 0.2) is 24.4 Å². The summed E-state index contributed by atoms with van der Waals surface area (Å²) in [4.78, 5) is 21.3. The second kappa shape index (κ2) is 9.12. The molecule has 7 heteroatoms. The lowest BCUT2D eigenvalue weighted by atomic mass is 10.1. The highest BCUT2D eigenvalue weighted by molar-refractivity contribution is 5.76. The Balaban J connectivity index is 1.36. The van der Waals surface area contributed by atoms with Gasteiger partial charge in [-0.3, -0.25) is 9.69 Å². The summed E-state index contributed by atoms with van der Waals surface area (Å²) >= 11 is 0. The van der Waals surface area contributed by atoms with Gasteiger partial charge in [0.1, 0.15) is 5.82 Å². The largest absolute Gasteiger partial charge is 0.378 e. The number of nitrogens with zero attached hydrogens (tertiary/aromatic N) is 3. The number of amides is 1. The first-order chi connectivity index (χ1) is 12.2. The summed E-state index contributed by atoms with van der Waals surface area (Å²) in [7, 11) is 0. The molecule has 25 heavy (non-hydrogen) atoms. The van der Waals surface area contributed by atoms with Gasteiger partial charge >= 0.3 is 0 Å². The van der Waals surface area contributed by atoms with Crippen molar-refractivity contribution in [1.82, 2.24) is 20.5 Å². The Bertz CT molecular complexity index is 528. The first kappa shape index (κ1) is 18.1. The number of hydrogen-bond donors (Lipinski definition) is 2. The topological polar surface area (TPSA) is 69.7 Å². The summed E-state index contributed by atoms with van der Waals surface area (Å²) in [6, 6.07) is 6.32. The number of aromatic nitrogens is 1. The molecule has 0 radical (unpaired) electrons. The van der Waals surface area contributed by atoms with Gasteiger partial charge in [0.2, 0.25) is 5.91 Å². The molecular formula is C18H29N5O2. The highest BCUT2D eigenvalue weighted by atomic mass is 16.5. The number of pyridine rings is 1. The Hall–Kier alpha value is -1.70. The molecule has 0 spiro atoms. The van der Waals surface area contributed by atoms with Gasteiger partial charge in [0.25, 0.3) is 0 Å². The van der Waals surface area contributed by atoms with Crippen molar-refractivity contribution in [3.8, 4) is 0 Å². The average Bonchev–Trinajstić information content (AvgIpc) is 2.63. The summed E-state index contributed by atoms with van der Waals surface area (Å²) in [5.41, 5.74) is 0. The van der Waals surface area contributed by atoms with Crippen LogP contribution in [0.2, 0.25) is 0 Å². The molecule has 7 nitrogen and oxygen atoms in total. The third-order valence-electron chi connectivity index (χ3n) is 4.72. The first-order valence-electron chi connectivity index (χ1n) is 9.19. The summed E-state index contributed by atoms with van der Waals surface area (Å²) in [5.74, 6) is 1.15. The number of piperazine rings is 1. The second-order valence-electron chi connectivity index (χ2n) is 6.87. The van der Waals surface area contributed by atoms with Gasteiger partial charge in [-0.1, -0.05) is 6.07 Å². The third kappa shape index (κ3) is 5.66. The van der Waals surface area contributed by atoms with Gasteiger partial charge in [0.15, 0.2) is 0 Å². The van der Waals surface area contributed by atoms with Crippen molar-refractivity contribution >= 4 is 11.7 Å². The molecule has 0 aromatic carbocycles. The molecule has 0 bridgehead atoms. The number of nitrogens with one attached hydrogen (secondary N) is 2. The van der Waals surface area contributed by atoms with E-state index >= 15 is 0 Å². The van der Waals surface area contributed by atoms with E-state index in [2.05, 4.69) is 38.4 Å². The molecule has 0 aliphatic carbocycles. The molecule has 2 saturated heterocycles. The number of anilines is 1. The fourth-order valence-electron chi connectivity index (χ4n) is 3.44. The molecule has 1 aromatic rings. The van der Waals surface area contributed by atoms with Crippen LogP contribution in [0, 0.1) is 0 Å². The zero-order valence-corrected chi connectivity index (χ0v) is 15.0. The zero-order valence-electron chi connectivity index (χ0n) is 15.0. The molecular weight excluding hydrogens is 318 g/mol. The van der Waals surface area contributed by atoms with Crippen molar-refractivity contribution in [2.75, 3.05) is 57.4 Å². The Kier molecular flexibility index (Phi) is 6.61. The van der Waals surface area contributed by atoms with Crippen molar-refractivity contribution in [3.05, 3.63) is 24.4 Å². The number of carbonyl (C=O) groups is 1. The van der Waals surface area contributed by atoms with Crippen molar-refractivity contribution in [1.29, 1.82) is 0 Å². The normalized spacial score (nSPS) is 23.2. The zero-order chi connectivity index (χ0) is 17.5. The molecule has 2 unspecified atom stereocenters. The molecule has 0 saturated carbocycles. The molecule has 3 heterocycles. The highest BCUT2D eigenvalue weighted by Gasteiger charge is 2.21. The smallest absolute Gasteiger partial charge is 0.221 e. The Labute approximate surface area is 149 Å². The van der Waals surface area contributed by atoms with E-state index in [0.29, 0.717) is 13.0 Å². The van der Waals surface area contributed by atoms with E-state index in [-0.39, 0.29) is 18.0 Å². The van der Waals surface area contributed by atoms with Crippen molar-refractivity contribution < 1.29 is 9.53 Å². The molecule has 1 amide bonds. The lowest BCUT2D eigenvalue weighted by molar-refractivity contribution is -0.123. The minimum atomic E-state index is 0.0996. The molecule has 3 rings (SSSR count). The van der Waals surface area contributed by atoms with Gasteiger partial charge < -0.3 is 20.3 Å². The van der Waals surface area contributed by atoms with Gasteiger partial charge in [-0.25, -0.2) is 4.98 Å². The van der Waals surface area contributed by atoms with Crippen molar-refractivity contribution in [3.63, 3.8) is 0 Å². The number of morpholine rings is 1. The maximum atomic E-state index is 12.2. The predicted molar refractivity (Wildman–Crippen MR) is 97.7 cm³/mol. The van der Waals surface area contributed by atoms with Gasteiger partial charge in [-0.05, 0) is 19.1 Å². The molecule has 138 valence electrons. The van der Waals surface area contributed by atoms with Gasteiger partial charge in [-0.15, -0.1) is 0 Å². The fraction of sp³-hybridized carbons (Fsp3) is 0.667. The Morgan fingerprint density at radius 1 is 1.40 bits per heavy atom. The van der Waals surface area contributed by atoms with E-state index in [1.807, 2.05) is 18.3 Å². The van der Waals surface area contributed by atoms with Gasteiger partial charge in [0.05, 0.1) is 13.2 Å². The first-order valence-corrected chi connectivity index (χ1v) is 9.19. The quantitative estimate of drug-likeness (QED) is 0.760. The fourth-order valence-corrected chi connectivity index (χ4v) is 3.44. The van der Waals surface area contributed by atoms with Gasteiger partial charge in [-0.2, -0.15) is 0 Å². The second-order valence-corrected chi connectivity index (χ2v) is 6.87. The summed E-state index contributed by atoms with van der Waals surface area (Å²) in [5, 5.41) is 6.43. The van der Waals surface area contributed by atoms with Crippen LogP contribution in [-0.4, -0.2) is 80.4 Å². The van der Waals surface area contributed by atoms with Crippen LogP contribution in [0.4, 0.5) is 5.82 Å². The van der Waals surface area contributed by atoms with Crippen LogP contribution < -0.4 is 15.5 Å². The van der Waals surface area contributed by atoms with Crippen LogP contribution in [0.3, 0.4) is 0 Å². The summed E-state index contributed by atoms with van der Waals surface area (Å²) < 4.78 is 5.40. The van der Waals surface area contributed by atoms with Crippen LogP contribution in [0.5, 0.6) is 0 Å². The Morgan fingerprint density at radius 3 is 2.92 bits per heavy atom. The number of ether oxygens (including phenoxy) is 1. The monoisotopic (exact) mass is 347 g/mol. The third-order valence-corrected chi connectivity index (χ3v) is 4.72. The van der Waals surface area contributed by atoms with E-state index in [1.165, 1.54) is 0 Å². The summed E-state index contributed by atoms with van der Waals surface area (Å²) in [6.07, 6.45) is 2.32. The van der Waals surface area contributed by atoms with Crippen LogP contribution in [-0.2, 0) is 9.53 Å². The maximum Gasteiger partial charge on any atom is 0.221 e. The summed E-state index contributed by atoms with van der Waals surface area (Å²) in [6.45, 7) is 9.08. The molecule has 2 fully saturated rings. The minimum absolute atomic E-state index is 0.0996. The van der Waals surface area contributed by atoms with Crippen LogP contribution in [0.1, 0.15) is 13.3 Å². The van der Waals surface area contributed by atoms with E-state index in [0.717, 1.165) is 51.7 Å². The van der Waals surface area contributed by atoms with E-state index in [4.69, 9.17) is 4.74 Å². The minimum Gasteiger partial charge on any atom is -0.378 e.